The van der Waals surface area contributed by atoms with Gasteiger partial charge in [0, 0.05) is 5.88 Å². The minimum absolute atomic E-state index is 0.0374. The zero-order valence-electron chi connectivity index (χ0n) is 14.8. The number of rotatable bonds is 7. The van der Waals surface area contributed by atoms with Crippen molar-refractivity contribution in [2.75, 3.05) is 16.9 Å². The number of nitrogens with one attached hydrogen (secondary N) is 1. The van der Waals surface area contributed by atoms with Gasteiger partial charge in [0.25, 0.3) is 5.91 Å². The number of alkyl halides is 1. The standard InChI is InChI=1S/C18H15Cl2N3O4S2/c19-7-2-8-29(26,27)10-5-6-13-14(9-10)28-18(22-13)23-17(25)12-4-1-3-11(15(12)20)16(21)24/h1,3-6,9H,2,7-8H2,(H2,21,24)(H,22,23,25). The van der Waals surface area contributed by atoms with Gasteiger partial charge in [0.05, 0.1) is 37.0 Å². The van der Waals surface area contributed by atoms with Crippen molar-refractivity contribution in [2.45, 2.75) is 11.3 Å². The number of fused-ring (bicyclic) bond motifs is 1. The molecule has 0 fully saturated rings. The number of halogens is 2. The van der Waals surface area contributed by atoms with Crippen LogP contribution in [0.3, 0.4) is 0 Å². The highest BCUT2D eigenvalue weighted by Crippen LogP contribution is 2.30. The fraction of sp³-hybridized carbons (Fsp3) is 0.167. The molecule has 0 unspecified atom stereocenters. The van der Waals surface area contributed by atoms with E-state index in [1.54, 1.807) is 6.07 Å². The topological polar surface area (TPSA) is 119 Å². The molecule has 1 aromatic heterocycles. The van der Waals surface area contributed by atoms with Gasteiger partial charge in [0.1, 0.15) is 0 Å². The average Bonchev–Trinajstić information content (AvgIpc) is 3.07. The quantitative estimate of drug-likeness (QED) is 0.508. The summed E-state index contributed by atoms with van der Waals surface area (Å²) < 4.78 is 25.3. The second kappa shape index (κ2) is 8.66. The molecule has 3 N–H and O–H groups in total. The SMILES string of the molecule is NC(=O)c1cccc(C(=O)Nc2nc3ccc(S(=O)(=O)CCCCl)cc3s2)c1Cl. The van der Waals surface area contributed by atoms with Gasteiger partial charge in [-0.05, 0) is 36.8 Å². The number of hydrogen-bond acceptors (Lipinski definition) is 6. The van der Waals surface area contributed by atoms with E-state index in [4.69, 9.17) is 28.9 Å². The summed E-state index contributed by atoms with van der Waals surface area (Å²) in [5.74, 6) is -1.09. The van der Waals surface area contributed by atoms with Crippen molar-refractivity contribution in [1.82, 2.24) is 4.98 Å². The van der Waals surface area contributed by atoms with Gasteiger partial charge in [-0.1, -0.05) is 29.0 Å². The molecule has 0 aliphatic carbocycles. The lowest BCUT2D eigenvalue weighted by Gasteiger charge is -2.06. The van der Waals surface area contributed by atoms with Crippen molar-refractivity contribution in [2.24, 2.45) is 5.73 Å². The van der Waals surface area contributed by atoms with E-state index in [1.165, 1.54) is 30.3 Å². The van der Waals surface area contributed by atoms with E-state index >= 15 is 0 Å². The Morgan fingerprint density at radius 3 is 2.59 bits per heavy atom. The van der Waals surface area contributed by atoms with Crippen molar-refractivity contribution in [3.8, 4) is 0 Å². The fourth-order valence-electron chi connectivity index (χ4n) is 2.58. The van der Waals surface area contributed by atoms with Crippen LogP contribution in [0, 0.1) is 0 Å². The molecule has 0 radical (unpaired) electrons. The minimum Gasteiger partial charge on any atom is -0.366 e. The molecule has 0 saturated heterocycles. The molecule has 0 bridgehead atoms. The first-order chi connectivity index (χ1) is 13.7. The van der Waals surface area contributed by atoms with Crippen molar-refractivity contribution >= 4 is 71.5 Å². The zero-order valence-corrected chi connectivity index (χ0v) is 18.0. The third-order valence-electron chi connectivity index (χ3n) is 3.99. The predicted molar refractivity (Wildman–Crippen MR) is 115 cm³/mol. The maximum atomic E-state index is 12.5. The number of hydrogen-bond donors (Lipinski definition) is 2. The average molecular weight is 472 g/mol. The number of anilines is 1. The van der Waals surface area contributed by atoms with Crippen LogP contribution < -0.4 is 11.1 Å². The number of benzene rings is 2. The number of sulfone groups is 1. The van der Waals surface area contributed by atoms with E-state index in [2.05, 4.69) is 10.3 Å². The first kappa shape index (κ1) is 21.5. The third-order valence-corrected chi connectivity index (χ3v) is 7.40. The second-order valence-corrected chi connectivity index (χ2v) is 9.89. The second-order valence-electron chi connectivity index (χ2n) is 6.00. The van der Waals surface area contributed by atoms with Crippen molar-refractivity contribution in [3.63, 3.8) is 0 Å². The Kier molecular flexibility index (Phi) is 6.42. The summed E-state index contributed by atoms with van der Waals surface area (Å²) in [6, 6.07) is 8.95. The van der Waals surface area contributed by atoms with Gasteiger partial charge in [-0.2, -0.15) is 0 Å². The highest BCUT2D eigenvalue weighted by atomic mass is 35.5. The maximum absolute atomic E-state index is 12.5. The maximum Gasteiger partial charge on any atom is 0.258 e. The van der Waals surface area contributed by atoms with Gasteiger partial charge in [0.15, 0.2) is 15.0 Å². The Bertz CT molecular complexity index is 1210. The molecule has 152 valence electrons. The van der Waals surface area contributed by atoms with Gasteiger partial charge in [0.2, 0.25) is 5.91 Å². The lowest BCUT2D eigenvalue weighted by molar-refractivity contribution is 0.100. The van der Waals surface area contributed by atoms with Gasteiger partial charge >= 0.3 is 0 Å². The number of carbonyl (C=O) groups is 2. The van der Waals surface area contributed by atoms with E-state index < -0.39 is 21.7 Å². The molecule has 0 aliphatic heterocycles. The molecule has 3 aromatic rings. The number of primary amides is 1. The molecule has 29 heavy (non-hydrogen) atoms. The first-order valence-corrected chi connectivity index (χ1v) is 11.7. The Balaban J connectivity index is 1.87. The van der Waals surface area contributed by atoms with Crippen molar-refractivity contribution in [1.29, 1.82) is 0 Å². The Hall–Kier alpha value is -2.20. The predicted octanol–water partition coefficient (Wildman–Crippen LogP) is 3.70. The molecule has 0 atom stereocenters. The van der Waals surface area contributed by atoms with E-state index in [0.29, 0.717) is 16.6 Å². The molecule has 1 heterocycles. The number of thiazole rings is 1. The van der Waals surface area contributed by atoms with Crippen LogP contribution >= 0.6 is 34.5 Å². The zero-order chi connectivity index (χ0) is 21.2. The first-order valence-electron chi connectivity index (χ1n) is 8.32. The molecule has 0 aliphatic rings. The highest BCUT2D eigenvalue weighted by Gasteiger charge is 2.19. The molecule has 11 heteroatoms. The van der Waals surface area contributed by atoms with Crippen molar-refractivity contribution in [3.05, 3.63) is 52.5 Å². The van der Waals surface area contributed by atoms with Gasteiger partial charge in [-0.3, -0.25) is 14.9 Å². The summed E-state index contributed by atoms with van der Waals surface area (Å²) in [4.78, 5) is 28.4. The summed E-state index contributed by atoms with van der Waals surface area (Å²) in [6.07, 6.45) is 0.358. The largest absolute Gasteiger partial charge is 0.366 e. The van der Waals surface area contributed by atoms with Crippen LogP contribution in [0.25, 0.3) is 10.2 Å². The fourth-order valence-corrected chi connectivity index (χ4v) is 5.48. The molecule has 3 rings (SSSR count). The number of aromatic nitrogens is 1. The number of amides is 2. The van der Waals surface area contributed by atoms with E-state index in [9.17, 15) is 18.0 Å². The lowest BCUT2D eigenvalue weighted by Crippen LogP contribution is -2.16. The summed E-state index contributed by atoms with van der Waals surface area (Å²) in [6.45, 7) is 0. The third kappa shape index (κ3) is 4.69. The van der Waals surface area contributed by atoms with Crippen LogP contribution in [-0.4, -0.2) is 36.8 Å². The van der Waals surface area contributed by atoms with Gasteiger partial charge < -0.3 is 5.73 Å². The van der Waals surface area contributed by atoms with Gasteiger partial charge in [-0.25, -0.2) is 13.4 Å². The summed E-state index contributed by atoms with van der Waals surface area (Å²) in [5.41, 5.74) is 5.90. The molecule has 7 nitrogen and oxygen atoms in total. The minimum atomic E-state index is -3.44. The van der Waals surface area contributed by atoms with Crippen molar-refractivity contribution < 1.29 is 18.0 Å². The number of nitrogens with two attached hydrogens (primary N) is 1. The van der Waals surface area contributed by atoms with Gasteiger partial charge in [-0.15, -0.1) is 11.6 Å². The molecular formula is C18H15Cl2N3O4S2. The van der Waals surface area contributed by atoms with Crippen LogP contribution in [0.4, 0.5) is 5.13 Å². The summed E-state index contributed by atoms with van der Waals surface area (Å²) >= 11 is 12.8. The Labute approximate surface area is 180 Å². The number of nitrogens with zero attached hydrogens (tertiary/aromatic N) is 1. The molecule has 0 saturated carbocycles. The molecular weight excluding hydrogens is 457 g/mol. The highest BCUT2D eigenvalue weighted by molar-refractivity contribution is 7.91. The van der Waals surface area contributed by atoms with E-state index in [0.717, 1.165) is 11.3 Å². The van der Waals surface area contributed by atoms with E-state index in [1.807, 2.05) is 0 Å². The van der Waals surface area contributed by atoms with Crippen LogP contribution in [0.15, 0.2) is 41.3 Å². The van der Waals surface area contributed by atoms with Crippen LogP contribution in [0.1, 0.15) is 27.1 Å². The number of carbonyl (C=O) groups excluding carboxylic acids is 2. The van der Waals surface area contributed by atoms with E-state index in [-0.39, 0.29) is 37.8 Å². The Morgan fingerprint density at radius 1 is 1.17 bits per heavy atom. The van der Waals surface area contributed by atoms with Crippen LogP contribution in [0.5, 0.6) is 0 Å². The summed E-state index contributed by atoms with van der Waals surface area (Å²) in [7, 11) is -3.44. The monoisotopic (exact) mass is 471 g/mol. The van der Waals surface area contributed by atoms with Crippen LogP contribution in [0.2, 0.25) is 5.02 Å². The molecule has 0 spiro atoms. The smallest absolute Gasteiger partial charge is 0.258 e. The van der Waals surface area contributed by atoms with Crippen LogP contribution in [-0.2, 0) is 9.84 Å². The normalized spacial score (nSPS) is 11.5. The summed E-state index contributed by atoms with van der Waals surface area (Å²) in [5, 5.41) is 2.83. The Morgan fingerprint density at radius 2 is 1.90 bits per heavy atom. The molecule has 2 amide bonds. The molecule has 2 aromatic carbocycles. The lowest BCUT2D eigenvalue weighted by atomic mass is 10.1.